The zero-order chi connectivity index (χ0) is 21.9. The van der Waals surface area contributed by atoms with Crippen molar-refractivity contribution in [3.63, 3.8) is 0 Å². The minimum Gasteiger partial charge on any atom is -0.346 e. The van der Waals surface area contributed by atoms with E-state index < -0.39 is 6.04 Å². The second-order valence-corrected chi connectivity index (χ2v) is 7.83. The van der Waals surface area contributed by atoms with Crippen molar-refractivity contribution in [2.75, 3.05) is 5.32 Å². The summed E-state index contributed by atoms with van der Waals surface area (Å²) in [6.45, 7) is 4.71. The standard InChI is InChI=1S/C25H32N2O3/c1-18(19(2)28)26-25(30)23(15-12-21-8-5-4-6-9-21)11-7-10-22-13-16-24(17-14-22)27-20(3)29/h4-6,8-9,13-14,16-18,23H,7,10-12,15H2,1-3H3,(H,26,30)(H,27,29)/t18-,23+/m0/s1. The van der Waals surface area contributed by atoms with E-state index in [4.69, 9.17) is 0 Å². The quantitative estimate of drug-likeness (QED) is 0.582. The topological polar surface area (TPSA) is 75.3 Å². The summed E-state index contributed by atoms with van der Waals surface area (Å²) in [5, 5.41) is 5.62. The van der Waals surface area contributed by atoms with Gasteiger partial charge in [-0.3, -0.25) is 14.4 Å². The molecule has 0 aliphatic rings. The van der Waals surface area contributed by atoms with Crippen molar-refractivity contribution in [3.05, 3.63) is 65.7 Å². The Morgan fingerprint density at radius 1 is 0.833 bits per heavy atom. The monoisotopic (exact) mass is 408 g/mol. The van der Waals surface area contributed by atoms with Crippen molar-refractivity contribution < 1.29 is 14.4 Å². The van der Waals surface area contributed by atoms with Gasteiger partial charge in [-0.1, -0.05) is 42.5 Å². The molecular formula is C25H32N2O3. The lowest BCUT2D eigenvalue weighted by Crippen LogP contribution is -2.41. The number of rotatable bonds is 11. The summed E-state index contributed by atoms with van der Waals surface area (Å²) in [4.78, 5) is 35.4. The van der Waals surface area contributed by atoms with Crippen LogP contribution in [0, 0.1) is 5.92 Å². The van der Waals surface area contributed by atoms with Crippen molar-refractivity contribution in [1.29, 1.82) is 0 Å². The maximum Gasteiger partial charge on any atom is 0.223 e. The van der Waals surface area contributed by atoms with Crippen molar-refractivity contribution in [2.24, 2.45) is 5.92 Å². The van der Waals surface area contributed by atoms with Crippen LogP contribution < -0.4 is 10.6 Å². The maximum absolute atomic E-state index is 12.8. The van der Waals surface area contributed by atoms with Gasteiger partial charge in [-0.05, 0) is 69.2 Å². The van der Waals surface area contributed by atoms with Gasteiger partial charge in [0.25, 0.3) is 0 Å². The zero-order valence-corrected chi connectivity index (χ0v) is 18.1. The fraction of sp³-hybridized carbons (Fsp3) is 0.400. The molecule has 0 heterocycles. The average Bonchev–Trinajstić information content (AvgIpc) is 2.71. The van der Waals surface area contributed by atoms with Gasteiger partial charge in [-0.25, -0.2) is 0 Å². The number of hydrogen-bond donors (Lipinski definition) is 2. The molecule has 2 aromatic carbocycles. The van der Waals surface area contributed by atoms with E-state index in [1.54, 1.807) is 6.92 Å². The number of hydrogen-bond acceptors (Lipinski definition) is 3. The highest BCUT2D eigenvalue weighted by Gasteiger charge is 2.21. The minimum absolute atomic E-state index is 0.0376. The molecule has 2 amide bonds. The van der Waals surface area contributed by atoms with E-state index in [2.05, 4.69) is 22.8 Å². The number of nitrogens with one attached hydrogen (secondary N) is 2. The molecule has 0 bridgehead atoms. The van der Waals surface area contributed by atoms with Crippen LogP contribution in [0.3, 0.4) is 0 Å². The van der Waals surface area contributed by atoms with Gasteiger partial charge in [0.1, 0.15) is 0 Å². The molecule has 2 N–H and O–H groups in total. The van der Waals surface area contributed by atoms with E-state index in [-0.39, 0.29) is 23.5 Å². The highest BCUT2D eigenvalue weighted by Crippen LogP contribution is 2.19. The third-order valence-electron chi connectivity index (χ3n) is 5.26. The van der Waals surface area contributed by atoms with Gasteiger partial charge in [0.15, 0.2) is 5.78 Å². The molecule has 2 aromatic rings. The van der Waals surface area contributed by atoms with Crippen LogP contribution in [0.5, 0.6) is 0 Å². The average molecular weight is 409 g/mol. The first-order valence-corrected chi connectivity index (χ1v) is 10.6. The number of anilines is 1. The number of Topliss-reactive ketones (excluding diaryl/α,β-unsaturated/α-hetero) is 1. The molecule has 0 saturated carbocycles. The summed E-state index contributed by atoms with van der Waals surface area (Å²) in [5.74, 6) is -0.306. The lowest BCUT2D eigenvalue weighted by atomic mass is 9.92. The lowest BCUT2D eigenvalue weighted by Gasteiger charge is -2.19. The van der Waals surface area contributed by atoms with Gasteiger partial charge in [0.05, 0.1) is 6.04 Å². The molecule has 2 atom stereocenters. The van der Waals surface area contributed by atoms with Crippen LogP contribution in [0.1, 0.15) is 51.2 Å². The lowest BCUT2D eigenvalue weighted by molar-refractivity contribution is -0.129. The Morgan fingerprint density at radius 2 is 1.47 bits per heavy atom. The molecular weight excluding hydrogens is 376 g/mol. The molecule has 0 spiro atoms. The van der Waals surface area contributed by atoms with Crippen molar-refractivity contribution in [3.8, 4) is 0 Å². The summed E-state index contributed by atoms with van der Waals surface area (Å²) in [6, 6.07) is 17.5. The van der Waals surface area contributed by atoms with E-state index in [0.717, 1.165) is 37.8 Å². The first-order chi connectivity index (χ1) is 14.3. The highest BCUT2D eigenvalue weighted by atomic mass is 16.2. The van der Waals surface area contributed by atoms with Crippen LogP contribution in [-0.4, -0.2) is 23.6 Å². The molecule has 0 fully saturated rings. The summed E-state index contributed by atoms with van der Waals surface area (Å²) >= 11 is 0. The molecule has 0 radical (unpaired) electrons. The second-order valence-electron chi connectivity index (χ2n) is 7.83. The number of carbonyl (C=O) groups excluding carboxylic acids is 3. The molecule has 0 aromatic heterocycles. The van der Waals surface area contributed by atoms with Gasteiger partial charge < -0.3 is 10.6 Å². The Morgan fingerprint density at radius 3 is 2.07 bits per heavy atom. The Labute approximate surface area is 179 Å². The van der Waals surface area contributed by atoms with E-state index in [0.29, 0.717) is 0 Å². The normalized spacial score (nSPS) is 12.6. The third kappa shape index (κ3) is 8.19. The Balaban J connectivity index is 1.93. The molecule has 0 saturated heterocycles. The molecule has 160 valence electrons. The van der Waals surface area contributed by atoms with Crippen molar-refractivity contribution >= 4 is 23.3 Å². The predicted molar refractivity (Wildman–Crippen MR) is 120 cm³/mol. The first-order valence-electron chi connectivity index (χ1n) is 10.6. The predicted octanol–water partition coefficient (Wildman–Crippen LogP) is 4.31. The van der Waals surface area contributed by atoms with Gasteiger partial charge >= 0.3 is 0 Å². The smallest absolute Gasteiger partial charge is 0.223 e. The molecule has 30 heavy (non-hydrogen) atoms. The van der Waals surface area contributed by atoms with Gasteiger partial charge in [-0.2, -0.15) is 0 Å². The van der Waals surface area contributed by atoms with Gasteiger partial charge in [0, 0.05) is 18.5 Å². The number of ketones is 1. The van der Waals surface area contributed by atoms with Crippen LogP contribution in [0.2, 0.25) is 0 Å². The molecule has 5 nitrogen and oxygen atoms in total. The van der Waals surface area contributed by atoms with E-state index in [9.17, 15) is 14.4 Å². The van der Waals surface area contributed by atoms with Crippen LogP contribution in [0.15, 0.2) is 54.6 Å². The number of carbonyl (C=O) groups is 3. The fourth-order valence-corrected chi connectivity index (χ4v) is 3.34. The van der Waals surface area contributed by atoms with Crippen LogP contribution in [0.25, 0.3) is 0 Å². The molecule has 0 aliphatic carbocycles. The Bertz CT molecular complexity index is 831. The number of benzene rings is 2. The fourth-order valence-electron chi connectivity index (χ4n) is 3.34. The summed E-state index contributed by atoms with van der Waals surface area (Å²) in [6.07, 6.45) is 4.08. The third-order valence-corrected chi connectivity index (χ3v) is 5.26. The molecule has 0 aliphatic heterocycles. The van der Waals surface area contributed by atoms with Crippen LogP contribution >= 0.6 is 0 Å². The van der Waals surface area contributed by atoms with Crippen molar-refractivity contribution in [2.45, 2.75) is 58.9 Å². The SMILES string of the molecule is CC(=O)Nc1ccc(CCC[C@H](CCc2ccccc2)C(=O)N[C@@H](C)C(C)=O)cc1. The first kappa shape index (κ1) is 23.3. The number of amides is 2. The highest BCUT2D eigenvalue weighted by molar-refractivity contribution is 5.88. The minimum atomic E-state index is -0.460. The largest absolute Gasteiger partial charge is 0.346 e. The summed E-state index contributed by atoms with van der Waals surface area (Å²) in [5.41, 5.74) is 3.16. The van der Waals surface area contributed by atoms with Gasteiger partial charge in [0.2, 0.25) is 11.8 Å². The summed E-state index contributed by atoms with van der Waals surface area (Å²) < 4.78 is 0. The number of aryl methyl sites for hydroxylation is 2. The van der Waals surface area contributed by atoms with Crippen LogP contribution in [0.4, 0.5) is 5.69 Å². The Kier molecular flexibility index (Phi) is 9.26. The molecule has 0 unspecified atom stereocenters. The maximum atomic E-state index is 12.8. The van der Waals surface area contributed by atoms with Crippen LogP contribution in [-0.2, 0) is 27.2 Å². The van der Waals surface area contributed by atoms with Gasteiger partial charge in [-0.15, -0.1) is 0 Å². The Hall–Kier alpha value is -2.95. The molecule has 5 heteroatoms. The summed E-state index contributed by atoms with van der Waals surface area (Å²) in [7, 11) is 0. The van der Waals surface area contributed by atoms with Crippen molar-refractivity contribution in [1.82, 2.24) is 5.32 Å². The second kappa shape index (κ2) is 11.9. The van der Waals surface area contributed by atoms with E-state index in [1.807, 2.05) is 42.5 Å². The van der Waals surface area contributed by atoms with E-state index in [1.165, 1.54) is 25.0 Å². The zero-order valence-electron chi connectivity index (χ0n) is 18.1. The molecule has 2 rings (SSSR count). The van der Waals surface area contributed by atoms with E-state index >= 15 is 0 Å².